The Balaban J connectivity index is 3.75. The second-order valence-electron chi connectivity index (χ2n) is 6.59. The number of unbranched alkanes of at least 4 members (excludes halogenated alkanes) is 9. The van der Waals surface area contributed by atoms with Crippen LogP contribution in [0.1, 0.15) is 90.4 Å². The topological polar surface area (TPSA) is 40.5 Å². The van der Waals surface area contributed by atoms with Gasteiger partial charge in [0.1, 0.15) is 0 Å². The van der Waals surface area contributed by atoms with Crippen LogP contribution in [-0.4, -0.2) is 28.3 Å². The molecule has 0 amide bonds. The summed E-state index contributed by atoms with van der Waals surface area (Å²) in [6.07, 6.45) is 14.1. The Morgan fingerprint density at radius 1 is 0.818 bits per heavy atom. The van der Waals surface area contributed by atoms with Crippen molar-refractivity contribution >= 4 is 11.6 Å². The van der Waals surface area contributed by atoms with Crippen LogP contribution in [0.2, 0.25) is 0 Å². The van der Waals surface area contributed by atoms with Crippen molar-refractivity contribution < 1.29 is 10.2 Å². The van der Waals surface area contributed by atoms with Crippen molar-refractivity contribution in [3.63, 3.8) is 0 Å². The summed E-state index contributed by atoms with van der Waals surface area (Å²) in [5, 5.41) is 19.9. The van der Waals surface area contributed by atoms with Crippen LogP contribution in [-0.2, 0) is 0 Å². The highest BCUT2D eigenvalue weighted by Crippen LogP contribution is 2.23. The third-order valence-electron chi connectivity index (χ3n) is 4.54. The van der Waals surface area contributed by atoms with Gasteiger partial charge in [-0.05, 0) is 18.8 Å². The minimum absolute atomic E-state index is 0.111. The maximum absolute atomic E-state index is 10.2. The highest BCUT2D eigenvalue weighted by molar-refractivity contribution is 6.18. The van der Waals surface area contributed by atoms with Crippen LogP contribution in [0.5, 0.6) is 0 Å². The number of alkyl halides is 1. The molecule has 133 valence electrons. The Labute approximate surface area is 143 Å². The van der Waals surface area contributed by atoms with Crippen LogP contribution in [0.4, 0.5) is 0 Å². The molecule has 1 radical (unpaired) electrons. The van der Waals surface area contributed by atoms with Gasteiger partial charge in [0.05, 0.1) is 18.1 Å². The molecule has 0 rings (SSSR count). The van der Waals surface area contributed by atoms with Crippen LogP contribution < -0.4 is 0 Å². The Morgan fingerprint density at radius 2 is 1.32 bits per heavy atom. The minimum Gasteiger partial charge on any atom is -0.390 e. The van der Waals surface area contributed by atoms with E-state index in [1.165, 1.54) is 51.4 Å². The number of hydrogen-bond donors (Lipinski definition) is 2. The second-order valence-corrected chi connectivity index (χ2v) is 6.89. The van der Waals surface area contributed by atoms with Crippen LogP contribution in [0.3, 0.4) is 0 Å². The van der Waals surface area contributed by atoms with Crippen LogP contribution in [0.15, 0.2) is 0 Å². The third kappa shape index (κ3) is 11.7. The molecule has 0 aliphatic heterocycles. The van der Waals surface area contributed by atoms with Crippen molar-refractivity contribution in [2.24, 2.45) is 5.92 Å². The van der Waals surface area contributed by atoms with E-state index in [2.05, 4.69) is 13.8 Å². The molecule has 22 heavy (non-hydrogen) atoms. The maximum Gasteiger partial charge on any atom is 0.0936 e. The van der Waals surface area contributed by atoms with E-state index in [1.807, 2.05) is 0 Å². The summed E-state index contributed by atoms with van der Waals surface area (Å²) >= 11 is 5.66. The van der Waals surface area contributed by atoms with Gasteiger partial charge in [0, 0.05) is 0 Å². The first-order valence-electron chi connectivity index (χ1n) is 9.38. The maximum atomic E-state index is 10.2. The van der Waals surface area contributed by atoms with E-state index in [4.69, 9.17) is 11.6 Å². The molecule has 0 aromatic heterocycles. The van der Waals surface area contributed by atoms with Gasteiger partial charge in [-0.15, -0.1) is 11.6 Å². The van der Waals surface area contributed by atoms with Crippen molar-refractivity contribution in [1.29, 1.82) is 0 Å². The minimum atomic E-state index is -0.796. The van der Waals surface area contributed by atoms with E-state index < -0.39 is 12.2 Å². The van der Waals surface area contributed by atoms with E-state index in [1.54, 1.807) is 0 Å². The largest absolute Gasteiger partial charge is 0.390 e. The summed E-state index contributed by atoms with van der Waals surface area (Å²) in [6.45, 7) is 6.11. The average molecular weight is 334 g/mol. The highest BCUT2D eigenvalue weighted by atomic mass is 35.5. The molecule has 0 saturated carbocycles. The SMILES string of the molecule is [CH2]CCCC(CCCCCCCCCCC)C(O)C(O)CCl. The number of aliphatic hydroxyl groups excluding tert-OH is 2. The van der Waals surface area contributed by atoms with Gasteiger partial charge in [-0.2, -0.15) is 0 Å². The van der Waals surface area contributed by atoms with Crippen LogP contribution in [0, 0.1) is 12.8 Å². The smallest absolute Gasteiger partial charge is 0.0936 e. The Morgan fingerprint density at radius 3 is 1.82 bits per heavy atom. The van der Waals surface area contributed by atoms with Crippen molar-refractivity contribution in [2.75, 3.05) is 5.88 Å². The van der Waals surface area contributed by atoms with Gasteiger partial charge in [-0.3, -0.25) is 0 Å². The molecule has 3 atom stereocenters. The normalized spacial score (nSPS) is 15.7. The van der Waals surface area contributed by atoms with E-state index >= 15 is 0 Å². The lowest BCUT2D eigenvalue weighted by Crippen LogP contribution is -2.34. The summed E-state index contributed by atoms with van der Waals surface area (Å²) in [5.74, 6) is 0.278. The van der Waals surface area contributed by atoms with Crippen molar-refractivity contribution in [2.45, 2.75) is 103 Å². The van der Waals surface area contributed by atoms with Gasteiger partial charge in [0.15, 0.2) is 0 Å². The van der Waals surface area contributed by atoms with E-state index in [0.717, 1.165) is 32.1 Å². The number of hydrogen-bond acceptors (Lipinski definition) is 2. The molecule has 0 aromatic rings. The third-order valence-corrected chi connectivity index (χ3v) is 4.85. The second kappa shape index (κ2) is 16.1. The fourth-order valence-electron chi connectivity index (χ4n) is 3.02. The van der Waals surface area contributed by atoms with E-state index in [9.17, 15) is 10.2 Å². The van der Waals surface area contributed by atoms with Gasteiger partial charge in [-0.25, -0.2) is 0 Å². The predicted octanol–water partition coefficient (Wildman–Crippen LogP) is 5.49. The average Bonchev–Trinajstić information content (AvgIpc) is 2.54. The molecule has 3 unspecified atom stereocenters. The highest BCUT2D eigenvalue weighted by Gasteiger charge is 2.24. The molecule has 0 spiro atoms. The predicted molar refractivity (Wildman–Crippen MR) is 97.3 cm³/mol. The zero-order valence-electron chi connectivity index (χ0n) is 14.6. The van der Waals surface area contributed by atoms with Crippen molar-refractivity contribution in [1.82, 2.24) is 0 Å². The van der Waals surface area contributed by atoms with Gasteiger partial charge >= 0.3 is 0 Å². The fraction of sp³-hybridized carbons (Fsp3) is 0.947. The molecule has 0 saturated heterocycles. The molecular weight excluding hydrogens is 296 g/mol. The molecule has 3 heteroatoms. The first-order chi connectivity index (χ1) is 10.7. The molecule has 2 N–H and O–H groups in total. The zero-order valence-corrected chi connectivity index (χ0v) is 15.4. The summed E-state index contributed by atoms with van der Waals surface area (Å²) in [6, 6.07) is 0. The summed E-state index contributed by atoms with van der Waals surface area (Å²) in [7, 11) is 0. The van der Waals surface area contributed by atoms with Crippen molar-refractivity contribution in [3.8, 4) is 0 Å². The number of rotatable bonds is 16. The van der Waals surface area contributed by atoms with Crippen LogP contribution in [0.25, 0.3) is 0 Å². The first-order valence-corrected chi connectivity index (χ1v) is 9.92. The fourth-order valence-corrected chi connectivity index (χ4v) is 3.20. The summed E-state index contributed by atoms with van der Waals surface area (Å²) in [5.41, 5.74) is 0. The van der Waals surface area contributed by atoms with E-state index in [-0.39, 0.29) is 11.8 Å². The zero-order chi connectivity index (χ0) is 16.6. The monoisotopic (exact) mass is 333 g/mol. The Hall–Kier alpha value is 0.210. The molecule has 0 aliphatic rings. The lowest BCUT2D eigenvalue weighted by Gasteiger charge is -2.26. The lowest BCUT2D eigenvalue weighted by molar-refractivity contribution is -0.0114. The first kappa shape index (κ1) is 22.2. The number of halogens is 1. The summed E-state index contributed by atoms with van der Waals surface area (Å²) < 4.78 is 0. The summed E-state index contributed by atoms with van der Waals surface area (Å²) in [4.78, 5) is 0. The van der Waals surface area contributed by atoms with Gasteiger partial charge in [-0.1, -0.05) is 84.5 Å². The molecular formula is C19H38ClO2. The molecule has 0 fully saturated rings. The molecule has 0 bridgehead atoms. The quantitative estimate of drug-likeness (QED) is 0.289. The number of aliphatic hydroxyl groups is 2. The molecule has 0 aromatic carbocycles. The lowest BCUT2D eigenvalue weighted by atomic mass is 9.88. The molecule has 2 nitrogen and oxygen atoms in total. The van der Waals surface area contributed by atoms with Gasteiger partial charge in [0.25, 0.3) is 0 Å². The molecule has 0 aliphatic carbocycles. The molecule has 0 heterocycles. The van der Waals surface area contributed by atoms with Gasteiger partial charge < -0.3 is 10.2 Å². The van der Waals surface area contributed by atoms with E-state index in [0.29, 0.717) is 0 Å². The van der Waals surface area contributed by atoms with Crippen LogP contribution >= 0.6 is 11.6 Å². The Bertz CT molecular complexity index is 223. The standard InChI is InChI=1S/C19H38ClO2/c1-3-5-7-8-9-10-11-12-13-15-17(14-6-4-2)19(22)18(21)16-20/h17-19,21-22H,2-16H2,1H3. The Kier molecular flexibility index (Phi) is 16.2. The van der Waals surface area contributed by atoms with Gasteiger partial charge in [0.2, 0.25) is 0 Å². The van der Waals surface area contributed by atoms with Crippen molar-refractivity contribution in [3.05, 3.63) is 6.92 Å².